The number of carbonyl (C=O) groups excluding carboxylic acids is 1. The molecule has 0 aliphatic carbocycles. The van der Waals surface area contributed by atoms with E-state index in [2.05, 4.69) is 5.32 Å². The zero-order chi connectivity index (χ0) is 17.4. The maximum Gasteiger partial charge on any atom is 0.261 e. The van der Waals surface area contributed by atoms with Crippen LogP contribution in [0.2, 0.25) is 0 Å². The second kappa shape index (κ2) is 6.03. The summed E-state index contributed by atoms with van der Waals surface area (Å²) in [5.41, 5.74) is 1.04. The zero-order valence-electron chi connectivity index (χ0n) is 14.2. The van der Waals surface area contributed by atoms with Crippen molar-refractivity contribution in [2.75, 3.05) is 17.1 Å². The summed E-state index contributed by atoms with van der Waals surface area (Å²) in [5.74, 6) is 0.173. The summed E-state index contributed by atoms with van der Waals surface area (Å²) in [6.07, 6.45) is 0.736. The number of aryl methyl sites for hydroxylation is 1. The minimum atomic E-state index is -3.44. The fraction of sp³-hybridized carbons (Fsp3) is 0.562. The average molecular weight is 340 g/mol. The monoisotopic (exact) mass is 340 g/mol. The SMILES string of the molecule is Cc1ccc2c(c1)N(S(C)(=O)=O)CCC(C(=O)NC(C)(C)C)O2. The number of sulfonamides is 1. The van der Waals surface area contributed by atoms with E-state index in [9.17, 15) is 13.2 Å². The molecule has 1 heterocycles. The Balaban J connectivity index is 2.37. The van der Waals surface area contributed by atoms with E-state index in [1.165, 1.54) is 4.31 Å². The van der Waals surface area contributed by atoms with Gasteiger partial charge < -0.3 is 10.1 Å². The highest BCUT2D eigenvalue weighted by Gasteiger charge is 2.32. The maximum absolute atomic E-state index is 12.4. The molecular formula is C16H24N2O4S. The van der Waals surface area contributed by atoms with Crippen LogP contribution in [0.25, 0.3) is 0 Å². The number of rotatable bonds is 2. The smallest absolute Gasteiger partial charge is 0.261 e. The number of hydrogen-bond donors (Lipinski definition) is 1. The Labute approximate surface area is 137 Å². The molecule has 1 N–H and O–H groups in total. The van der Waals surface area contributed by atoms with E-state index < -0.39 is 16.1 Å². The largest absolute Gasteiger partial charge is 0.478 e. The molecule has 0 spiro atoms. The molecule has 1 aliphatic heterocycles. The maximum atomic E-state index is 12.4. The Morgan fingerprint density at radius 3 is 2.57 bits per heavy atom. The molecule has 1 aromatic carbocycles. The van der Waals surface area contributed by atoms with Crippen molar-refractivity contribution in [3.05, 3.63) is 23.8 Å². The highest BCUT2D eigenvalue weighted by Crippen LogP contribution is 2.35. The first kappa shape index (κ1) is 17.6. The molecule has 1 amide bonds. The van der Waals surface area contributed by atoms with Gasteiger partial charge in [-0.1, -0.05) is 6.07 Å². The number of carbonyl (C=O) groups is 1. The molecule has 1 aliphatic rings. The van der Waals surface area contributed by atoms with Crippen molar-refractivity contribution in [2.24, 2.45) is 0 Å². The molecule has 0 saturated heterocycles. The highest BCUT2D eigenvalue weighted by molar-refractivity contribution is 7.92. The third-order valence-electron chi connectivity index (χ3n) is 3.44. The first-order chi connectivity index (χ1) is 10.5. The van der Waals surface area contributed by atoms with Gasteiger partial charge in [0.1, 0.15) is 5.75 Å². The second-order valence-corrected chi connectivity index (χ2v) is 8.85. The van der Waals surface area contributed by atoms with Gasteiger partial charge in [0, 0.05) is 18.5 Å². The van der Waals surface area contributed by atoms with Crippen molar-refractivity contribution in [1.82, 2.24) is 5.32 Å². The standard InChI is InChI=1S/C16H24N2O4S/c1-11-6-7-13-12(10-11)18(23(5,20)21)9-8-14(22-13)15(19)17-16(2,3)4/h6-7,10,14H,8-9H2,1-5H3,(H,17,19). The molecule has 0 aromatic heterocycles. The van der Waals surface area contributed by atoms with Crippen LogP contribution in [0.3, 0.4) is 0 Å². The molecule has 2 rings (SSSR count). The van der Waals surface area contributed by atoms with E-state index in [0.29, 0.717) is 17.9 Å². The molecule has 23 heavy (non-hydrogen) atoms. The quantitative estimate of drug-likeness (QED) is 0.891. The zero-order valence-corrected chi connectivity index (χ0v) is 15.0. The third kappa shape index (κ3) is 4.37. The van der Waals surface area contributed by atoms with Gasteiger partial charge in [-0.05, 0) is 45.4 Å². The lowest BCUT2D eigenvalue weighted by Crippen LogP contribution is -2.48. The molecule has 1 aromatic rings. The number of benzene rings is 1. The number of hydrogen-bond acceptors (Lipinski definition) is 4. The van der Waals surface area contributed by atoms with Crippen LogP contribution in [0.15, 0.2) is 18.2 Å². The molecule has 7 heteroatoms. The van der Waals surface area contributed by atoms with Gasteiger partial charge in [-0.15, -0.1) is 0 Å². The van der Waals surface area contributed by atoms with Crippen LogP contribution >= 0.6 is 0 Å². The average Bonchev–Trinajstić information content (AvgIpc) is 2.55. The Kier molecular flexibility index (Phi) is 4.61. The van der Waals surface area contributed by atoms with Gasteiger partial charge in [-0.2, -0.15) is 0 Å². The van der Waals surface area contributed by atoms with Crippen molar-refractivity contribution in [3.63, 3.8) is 0 Å². The molecule has 6 nitrogen and oxygen atoms in total. The molecule has 0 bridgehead atoms. The van der Waals surface area contributed by atoms with Crippen molar-refractivity contribution in [2.45, 2.75) is 45.8 Å². The number of amides is 1. The van der Waals surface area contributed by atoms with E-state index >= 15 is 0 Å². The summed E-state index contributed by atoms with van der Waals surface area (Å²) in [6, 6.07) is 5.31. The van der Waals surface area contributed by atoms with Crippen molar-refractivity contribution >= 4 is 21.6 Å². The van der Waals surface area contributed by atoms with Gasteiger partial charge in [0.05, 0.1) is 11.9 Å². The van der Waals surface area contributed by atoms with E-state index in [1.807, 2.05) is 33.8 Å². The minimum absolute atomic E-state index is 0.206. The van der Waals surface area contributed by atoms with Crippen molar-refractivity contribution in [3.8, 4) is 5.75 Å². The van der Waals surface area contributed by atoms with E-state index in [1.54, 1.807) is 12.1 Å². The van der Waals surface area contributed by atoms with Gasteiger partial charge >= 0.3 is 0 Å². The van der Waals surface area contributed by atoms with Crippen LogP contribution in [0, 0.1) is 6.92 Å². The molecule has 128 valence electrons. The third-order valence-corrected chi connectivity index (χ3v) is 4.62. The molecular weight excluding hydrogens is 316 g/mol. The minimum Gasteiger partial charge on any atom is -0.478 e. The first-order valence-electron chi connectivity index (χ1n) is 7.54. The molecule has 0 radical (unpaired) electrons. The summed E-state index contributed by atoms with van der Waals surface area (Å²) >= 11 is 0. The van der Waals surface area contributed by atoms with Crippen LogP contribution in [0.1, 0.15) is 32.8 Å². The highest BCUT2D eigenvalue weighted by atomic mass is 32.2. The van der Waals surface area contributed by atoms with Gasteiger partial charge in [0.15, 0.2) is 6.10 Å². The fourth-order valence-electron chi connectivity index (χ4n) is 2.47. The normalized spacial score (nSPS) is 18.7. The predicted octanol–water partition coefficient (Wildman–Crippen LogP) is 1.83. The van der Waals surface area contributed by atoms with Crippen molar-refractivity contribution < 1.29 is 17.9 Å². The molecule has 0 fully saturated rings. The topological polar surface area (TPSA) is 75.7 Å². The predicted molar refractivity (Wildman–Crippen MR) is 90.3 cm³/mol. The molecule has 1 atom stereocenters. The number of nitrogens with one attached hydrogen (secondary N) is 1. The van der Waals surface area contributed by atoms with Gasteiger partial charge in [0.25, 0.3) is 5.91 Å². The van der Waals surface area contributed by atoms with Gasteiger partial charge in [-0.25, -0.2) is 8.42 Å². The second-order valence-electron chi connectivity index (χ2n) is 6.94. The van der Waals surface area contributed by atoms with E-state index in [0.717, 1.165) is 11.8 Å². The summed E-state index contributed by atoms with van der Waals surface area (Å²) in [7, 11) is -3.44. The Hall–Kier alpha value is -1.76. The fourth-order valence-corrected chi connectivity index (χ4v) is 3.41. The van der Waals surface area contributed by atoms with Crippen LogP contribution in [-0.2, 0) is 14.8 Å². The number of ether oxygens (including phenoxy) is 1. The first-order valence-corrected chi connectivity index (χ1v) is 9.39. The van der Waals surface area contributed by atoms with Crippen LogP contribution in [0.4, 0.5) is 5.69 Å². The Bertz CT molecular complexity index is 707. The van der Waals surface area contributed by atoms with Crippen molar-refractivity contribution in [1.29, 1.82) is 0 Å². The lowest BCUT2D eigenvalue weighted by atomic mass is 10.1. The lowest BCUT2D eigenvalue weighted by Gasteiger charge is -2.24. The number of anilines is 1. The van der Waals surface area contributed by atoms with Gasteiger partial charge in [-0.3, -0.25) is 9.10 Å². The number of fused-ring (bicyclic) bond motifs is 1. The number of nitrogens with zero attached hydrogens (tertiary/aromatic N) is 1. The molecule has 0 saturated carbocycles. The summed E-state index contributed by atoms with van der Waals surface area (Å²) < 4.78 is 31.3. The summed E-state index contributed by atoms with van der Waals surface area (Å²) in [5, 5.41) is 2.88. The van der Waals surface area contributed by atoms with Crippen LogP contribution in [-0.4, -0.2) is 38.8 Å². The lowest BCUT2D eigenvalue weighted by molar-refractivity contribution is -0.129. The Morgan fingerprint density at radius 2 is 2.00 bits per heavy atom. The molecule has 1 unspecified atom stereocenters. The summed E-state index contributed by atoms with van der Waals surface area (Å²) in [6.45, 7) is 7.76. The van der Waals surface area contributed by atoms with E-state index in [4.69, 9.17) is 4.74 Å². The van der Waals surface area contributed by atoms with E-state index in [-0.39, 0.29) is 18.0 Å². The Morgan fingerprint density at radius 1 is 1.35 bits per heavy atom. The van der Waals surface area contributed by atoms with Gasteiger partial charge in [0.2, 0.25) is 10.0 Å². The summed E-state index contributed by atoms with van der Waals surface area (Å²) in [4.78, 5) is 12.4. The van der Waals surface area contributed by atoms with Crippen LogP contribution in [0.5, 0.6) is 5.75 Å². The van der Waals surface area contributed by atoms with Crippen LogP contribution < -0.4 is 14.4 Å².